The molecule has 0 saturated heterocycles. The number of nitrogens with one attached hydrogen (secondary N) is 1. The molecule has 4 nitrogen and oxygen atoms in total. The number of fused-ring (bicyclic) bond motifs is 1. The third-order valence-electron chi connectivity index (χ3n) is 3.89. The SMILES string of the molecule is CC1C/C(=N\NC(=O)c2cccc(F)c2)c2ccc(O)cc2C1. The third kappa shape index (κ3) is 3.39. The Kier molecular flexibility index (Phi) is 4.10. The van der Waals surface area contributed by atoms with Crippen LogP contribution < -0.4 is 5.43 Å². The molecule has 118 valence electrons. The standard InChI is InChI=1S/C18H17FN2O2/c1-11-7-13-10-15(22)5-6-16(13)17(8-11)20-21-18(23)12-3-2-4-14(19)9-12/h2-6,9-11,22H,7-8H2,1H3,(H,21,23)/b20-17+. The molecule has 1 unspecified atom stereocenters. The lowest BCUT2D eigenvalue weighted by atomic mass is 9.83. The minimum Gasteiger partial charge on any atom is -0.508 e. The number of benzene rings is 2. The maximum absolute atomic E-state index is 13.2. The number of aromatic hydroxyl groups is 1. The number of phenols is 1. The van der Waals surface area contributed by atoms with Gasteiger partial charge in [-0.1, -0.05) is 13.0 Å². The normalized spacial score (nSPS) is 18.5. The zero-order chi connectivity index (χ0) is 16.4. The number of hydrazone groups is 1. The number of halogens is 1. The number of carbonyl (C=O) groups excluding carboxylic acids is 1. The van der Waals surface area contributed by atoms with Gasteiger partial charge in [0.05, 0.1) is 5.71 Å². The van der Waals surface area contributed by atoms with Gasteiger partial charge in [0, 0.05) is 11.1 Å². The van der Waals surface area contributed by atoms with Gasteiger partial charge in [0.1, 0.15) is 11.6 Å². The molecule has 1 atom stereocenters. The predicted octanol–water partition coefficient (Wildman–Crippen LogP) is 3.25. The topological polar surface area (TPSA) is 61.7 Å². The van der Waals surface area contributed by atoms with E-state index in [1.807, 2.05) is 6.07 Å². The number of phenolic OH excluding ortho intramolecular Hbond substituents is 1. The van der Waals surface area contributed by atoms with E-state index in [0.29, 0.717) is 5.92 Å². The van der Waals surface area contributed by atoms with Gasteiger partial charge in [-0.25, -0.2) is 9.82 Å². The highest BCUT2D eigenvalue weighted by atomic mass is 19.1. The smallest absolute Gasteiger partial charge is 0.271 e. The summed E-state index contributed by atoms with van der Waals surface area (Å²) in [6.07, 6.45) is 1.60. The second-order valence-corrected chi connectivity index (χ2v) is 5.86. The molecule has 0 spiro atoms. The average molecular weight is 312 g/mol. The van der Waals surface area contributed by atoms with E-state index in [1.54, 1.807) is 12.1 Å². The molecule has 0 saturated carbocycles. The zero-order valence-corrected chi connectivity index (χ0v) is 12.7. The molecule has 2 aromatic rings. The Labute approximate surface area is 133 Å². The monoisotopic (exact) mass is 312 g/mol. The average Bonchev–Trinajstić information content (AvgIpc) is 2.51. The van der Waals surface area contributed by atoms with Crippen LogP contribution in [0.15, 0.2) is 47.6 Å². The highest BCUT2D eigenvalue weighted by Gasteiger charge is 2.21. The first-order valence-electron chi connectivity index (χ1n) is 7.47. The third-order valence-corrected chi connectivity index (χ3v) is 3.89. The van der Waals surface area contributed by atoms with Crippen LogP contribution in [0.5, 0.6) is 5.75 Å². The molecule has 0 aromatic heterocycles. The summed E-state index contributed by atoms with van der Waals surface area (Å²) in [6.45, 7) is 2.09. The lowest BCUT2D eigenvalue weighted by Gasteiger charge is -2.23. The molecule has 0 bridgehead atoms. The Morgan fingerprint density at radius 3 is 2.87 bits per heavy atom. The van der Waals surface area contributed by atoms with Gasteiger partial charge in [0.25, 0.3) is 5.91 Å². The Morgan fingerprint density at radius 2 is 2.09 bits per heavy atom. The van der Waals surface area contributed by atoms with Crippen LogP contribution in [0.25, 0.3) is 0 Å². The number of amides is 1. The number of hydrogen-bond donors (Lipinski definition) is 2. The van der Waals surface area contributed by atoms with Crippen LogP contribution in [0.4, 0.5) is 4.39 Å². The number of rotatable bonds is 2. The molecule has 2 aromatic carbocycles. The molecule has 0 fully saturated rings. The van der Waals surface area contributed by atoms with E-state index >= 15 is 0 Å². The van der Waals surface area contributed by atoms with E-state index in [0.717, 1.165) is 29.7 Å². The van der Waals surface area contributed by atoms with Gasteiger partial charge in [-0.2, -0.15) is 5.10 Å². The van der Waals surface area contributed by atoms with Crippen LogP contribution in [0.1, 0.15) is 34.8 Å². The van der Waals surface area contributed by atoms with Crippen molar-refractivity contribution in [2.24, 2.45) is 11.0 Å². The second-order valence-electron chi connectivity index (χ2n) is 5.86. The van der Waals surface area contributed by atoms with Crippen molar-refractivity contribution in [3.8, 4) is 5.75 Å². The Hall–Kier alpha value is -2.69. The Bertz CT molecular complexity index is 786. The van der Waals surface area contributed by atoms with Gasteiger partial charge in [-0.15, -0.1) is 0 Å². The lowest BCUT2D eigenvalue weighted by molar-refractivity contribution is 0.0954. The van der Waals surface area contributed by atoms with Crippen LogP contribution in [-0.2, 0) is 6.42 Å². The zero-order valence-electron chi connectivity index (χ0n) is 12.7. The molecule has 0 radical (unpaired) electrons. The summed E-state index contributed by atoms with van der Waals surface area (Å²) in [5.41, 5.74) is 5.43. The maximum Gasteiger partial charge on any atom is 0.271 e. The van der Waals surface area contributed by atoms with Crippen LogP contribution in [0.2, 0.25) is 0 Å². The highest BCUT2D eigenvalue weighted by Crippen LogP contribution is 2.28. The van der Waals surface area contributed by atoms with Crippen molar-refractivity contribution in [2.75, 3.05) is 0 Å². The van der Waals surface area contributed by atoms with Crippen molar-refractivity contribution in [1.82, 2.24) is 5.43 Å². The first-order chi connectivity index (χ1) is 11.0. The number of hydrogen-bond acceptors (Lipinski definition) is 3. The van der Waals surface area contributed by atoms with Gasteiger partial charge in [0.2, 0.25) is 0 Å². The van der Waals surface area contributed by atoms with Crippen LogP contribution in [0.3, 0.4) is 0 Å². The first kappa shape index (κ1) is 15.2. The summed E-state index contributed by atoms with van der Waals surface area (Å²) in [5.74, 6) is -0.317. The fourth-order valence-electron chi connectivity index (χ4n) is 2.84. The summed E-state index contributed by atoms with van der Waals surface area (Å²) >= 11 is 0. The molecule has 3 rings (SSSR count). The molecule has 2 N–H and O–H groups in total. The predicted molar refractivity (Wildman–Crippen MR) is 86.0 cm³/mol. The molecular weight excluding hydrogens is 295 g/mol. The van der Waals surface area contributed by atoms with E-state index < -0.39 is 11.7 Å². The highest BCUT2D eigenvalue weighted by molar-refractivity contribution is 6.04. The summed E-state index contributed by atoms with van der Waals surface area (Å²) < 4.78 is 13.2. The van der Waals surface area contributed by atoms with Gasteiger partial charge >= 0.3 is 0 Å². The first-order valence-corrected chi connectivity index (χ1v) is 7.47. The molecule has 1 aliphatic rings. The van der Waals surface area contributed by atoms with Gasteiger partial charge in [-0.05, 0) is 60.7 Å². The summed E-state index contributed by atoms with van der Waals surface area (Å²) in [4.78, 5) is 12.1. The molecular formula is C18H17FN2O2. The molecule has 23 heavy (non-hydrogen) atoms. The number of carbonyl (C=O) groups is 1. The molecule has 0 heterocycles. The summed E-state index contributed by atoms with van der Waals surface area (Å²) in [6, 6.07) is 10.6. The fourth-order valence-corrected chi connectivity index (χ4v) is 2.84. The van der Waals surface area contributed by atoms with Crippen molar-refractivity contribution in [3.63, 3.8) is 0 Å². The van der Waals surface area contributed by atoms with Crippen molar-refractivity contribution in [3.05, 3.63) is 65.0 Å². The number of nitrogens with zero attached hydrogens (tertiary/aromatic N) is 1. The van der Waals surface area contributed by atoms with Crippen molar-refractivity contribution >= 4 is 11.6 Å². The quantitative estimate of drug-likeness (QED) is 0.836. The van der Waals surface area contributed by atoms with Gasteiger partial charge < -0.3 is 5.11 Å². The van der Waals surface area contributed by atoms with Gasteiger partial charge in [-0.3, -0.25) is 4.79 Å². The van der Waals surface area contributed by atoms with E-state index in [4.69, 9.17) is 0 Å². The molecule has 1 amide bonds. The van der Waals surface area contributed by atoms with Crippen molar-refractivity contribution in [2.45, 2.75) is 19.8 Å². The largest absolute Gasteiger partial charge is 0.508 e. The molecule has 1 aliphatic carbocycles. The van der Waals surface area contributed by atoms with Crippen LogP contribution in [0, 0.1) is 11.7 Å². The van der Waals surface area contributed by atoms with Gasteiger partial charge in [0.15, 0.2) is 0 Å². The summed E-state index contributed by atoms with van der Waals surface area (Å²) in [5, 5.41) is 13.8. The van der Waals surface area contributed by atoms with E-state index in [2.05, 4.69) is 17.5 Å². The maximum atomic E-state index is 13.2. The second kappa shape index (κ2) is 6.20. The molecule has 5 heteroatoms. The van der Waals surface area contributed by atoms with E-state index in [-0.39, 0.29) is 11.3 Å². The fraction of sp³-hybridized carbons (Fsp3) is 0.222. The van der Waals surface area contributed by atoms with Crippen LogP contribution >= 0.6 is 0 Å². The van der Waals surface area contributed by atoms with Crippen molar-refractivity contribution in [1.29, 1.82) is 0 Å². The summed E-state index contributed by atoms with van der Waals surface area (Å²) in [7, 11) is 0. The minimum absolute atomic E-state index is 0.223. The minimum atomic E-state index is -0.461. The van der Waals surface area contributed by atoms with Crippen LogP contribution in [-0.4, -0.2) is 16.7 Å². The van der Waals surface area contributed by atoms with Crippen molar-refractivity contribution < 1.29 is 14.3 Å². The molecule has 0 aliphatic heterocycles. The Balaban J connectivity index is 1.84. The lowest BCUT2D eigenvalue weighted by Crippen LogP contribution is -2.24. The Morgan fingerprint density at radius 1 is 1.26 bits per heavy atom. The van der Waals surface area contributed by atoms with E-state index in [1.165, 1.54) is 24.3 Å². The van der Waals surface area contributed by atoms with E-state index in [9.17, 15) is 14.3 Å².